The average Bonchev–Trinajstić information content (AvgIpc) is 2.20. The average molecular weight is 238 g/mol. The Balaban J connectivity index is 2.96. The zero-order chi connectivity index (χ0) is 12.3. The number of hydrogen-bond donors (Lipinski definition) is 2. The quantitative estimate of drug-likeness (QED) is 0.773. The number of nitrogens with zero attached hydrogens (tertiary/aromatic N) is 1. The molecule has 0 aromatic heterocycles. The third-order valence-corrected chi connectivity index (χ3v) is 2.40. The third kappa shape index (κ3) is 2.70. The van der Waals surface area contributed by atoms with Gasteiger partial charge in [-0.25, -0.2) is 0 Å². The van der Waals surface area contributed by atoms with Gasteiger partial charge in [0.15, 0.2) is 0 Å². The molecule has 16 heavy (non-hydrogen) atoms. The van der Waals surface area contributed by atoms with Crippen LogP contribution in [0.1, 0.15) is 15.9 Å². The first kappa shape index (κ1) is 12.4. The van der Waals surface area contributed by atoms with E-state index in [0.29, 0.717) is 11.1 Å². The number of amides is 1. The number of phenolic OH excluding ortho intramolecular Hbond substituents is 1. The van der Waals surface area contributed by atoms with Gasteiger partial charge < -0.3 is 15.7 Å². The number of carbonyl (C=O) groups excluding carboxylic acids is 1. The topological polar surface area (TPSA) is 66.6 Å². The molecule has 3 N–H and O–H groups in total. The molecule has 0 spiro atoms. The molecule has 0 bridgehead atoms. The molecule has 1 rings (SSSR count). The second-order valence-electron chi connectivity index (χ2n) is 3.58. The zero-order valence-corrected chi connectivity index (χ0v) is 10.0. The first-order chi connectivity index (χ1) is 7.43. The fraction of sp³-hybridized carbons (Fsp3) is 0.273. The van der Waals surface area contributed by atoms with Gasteiger partial charge in [-0.1, -0.05) is 18.3 Å². The van der Waals surface area contributed by atoms with Crippen LogP contribution >= 0.6 is 12.2 Å². The third-order valence-electron chi connectivity index (χ3n) is 2.28. The summed E-state index contributed by atoms with van der Waals surface area (Å²) >= 11 is 4.73. The second kappa shape index (κ2) is 4.94. The Bertz CT molecular complexity index is 432. The van der Waals surface area contributed by atoms with Gasteiger partial charge in [0, 0.05) is 18.2 Å². The van der Waals surface area contributed by atoms with Crippen molar-refractivity contribution in [3.8, 4) is 5.75 Å². The van der Waals surface area contributed by atoms with Crippen molar-refractivity contribution < 1.29 is 9.90 Å². The van der Waals surface area contributed by atoms with Crippen LogP contribution in [0.5, 0.6) is 5.75 Å². The van der Waals surface area contributed by atoms with E-state index in [1.807, 2.05) is 0 Å². The molecule has 1 amide bonds. The first-order valence-electron chi connectivity index (χ1n) is 4.76. The van der Waals surface area contributed by atoms with E-state index in [0.717, 1.165) is 0 Å². The van der Waals surface area contributed by atoms with Crippen molar-refractivity contribution in [2.24, 2.45) is 5.73 Å². The van der Waals surface area contributed by atoms with Crippen molar-refractivity contribution in [2.75, 3.05) is 13.6 Å². The fourth-order valence-electron chi connectivity index (χ4n) is 1.37. The number of benzene rings is 1. The Hall–Kier alpha value is -1.62. The van der Waals surface area contributed by atoms with Gasteiger partial charge in [0.2, 0.25) is 0 Å². The summed E-state index contributed by atoms with van der Waals surface area (Å²) < 4.78 is 0. The Morgan fingerprint density at radius 3 is 2.75 bits per heavy atom. The summed E-state index contributed by atoms with van der Waals surface area (Å²) in [7, 11) is 1.62. The number of carbonyl (C=O) groups is 1. The summed E-state index contributed by atoms with van der Waals surface area (Å²) in [5.41, 5.74) is 6.38. The Kier molecular flexibility index (Phi) is 3.84. The number of likely N-dealkylation sites (N-methyl/N-ethyl adjacent to an activating group) is 1. The number of thiocarbonyl (C=S) groups is 1. The van der Waals surface area contributed by atoms with E-state index in [4.69, 9.17) is 18.0 Å². The molecule has 0 fully saturated rings. The number of hydrogen-bond acceptors (Lipinski definition) is 3. The molecule has 86 valence electrons. The highest BCUT2D eigenvalue weighted by Gasteiger charge is 2.15. The van der Waals surface area contributed by atoms with Gasteiger partial charge in [-0.2, -0.15) is 0 Å². The van der Waals surface area contributed by atoms with Gasteiger partial charge in [-0.3, -0.25) is 4.79 Å². The maximum atomic E-state index is 12.0. The molecule has 4 nitrogen and oxygen atoms in total. The number of phenols is 1. The molecule has 0 aliphatic rings. The van der Waals surface area contributed by atoms with Crippen molar-refractivity contribution in [1.82, 2.24) is 4.90 Å². The van der Waals surface area contributed by atoms with Crippen LogP contribution in [-0.2, 0) is 0 Å². The molecule has 0 heterocycles. The lowest BCUT2D eigenvalue weighted by molar-refractivity contribution is 0.0814. The lowest BCUT2D eigenvalue weighted by atomic mass is 10.1. The molecule has 0 radical (unpaired) electrons. The molecular weight excluding hydrogens is 224 g/mol. The van der Waals surface area contributed by atoms with Crippen LogP contribution in [0.15, 0.2) is 18.2 Å². The maximum absolute atomic E-state index is 12.0. The van der Waals surface area contributed by atoms with Crippen molar-refractivity contribution in [3.05, 3.63) is 29.3 Å². The highest BCUT2D eigenvalue weighted by atomic mass is 32.1. The lowest BCUT2D eigenvalue weighted by Crippen LogP contribution is -2.34. The molecule has 5 heteroatoms. The number of nitrogens with two attached hydrogens (primary N) is 1. The number of aromatic hydroxyl groups is 1. The molecule has 0 aliphatic carbocycles. The van der Waals surface area contributed by atoms with Gasteiger partial charge in [0.1, 0.15) is 5.75 Å². The van der Waals surface area contributed by atoms with Crippen LogP contribution in [0.25, 0.3) is 0 Å². The van der Waals surface area contributed by atoms with Crippen LogP contribution in [0.4, 0.5) is 0 Å². The van der Waals surface area contributed by atoms with Crippen LogP contribution in [0.3, 0.4) is 0 Å². The van der Waals surface area contributed by atoms with Crippen molar-refractivity contribution in [1.29, 1.82) is 0 Å². The van der Waals surface area contributed by atoms with Gasteiger partial charge in [0.05, 0.1) is 11.5 Å². The minimum absolute atomic E-state index is 0.106. The molecule has 1 aromatic carbocycles. The van der Waals surface area contributed by atoms with Crippen LogP contribution < -0.4 is 5.73 Å². The summed E-state index contributed by atoms with van der Waals surface area (Å²) in [6, 6.07) is 4.83. The smallest absolute Gasteiger partial charge is 0.254 e. The molecule has 0 saturated heterocycles. The Morgan fingerprint density at radius 1 is 1.56 bits per heavy atom. The summed E-state index contributed by atoms with van der Waals surface area (Å²) in [5, 5.41) is 9.49. The van der Waals surface area contributed by atoms with E-state index in [1.54, 1.807) is 32.2 Å². The Labute approximate surface area is 99.7 Å². The van der Waals surface area contributed by atoms with Gasteiger partial charge in [-0.05, 0) is 19.1 Å². The molecule has 0 atom stereocenters. The molecular formula is C11H14N2O2S. The van der Waals surface area contributed by atoms with E-state index >= 15 is 0 Å². The predicted molar refractivity (Wildman–Crippen MR) is 66.6 cm³/mol. The van der Waals surface area contributed by atoms with Gasteiger partial charge in [-0.15, -0.1) is 0 Å². The monoisotopic (exact) mass is 238 g/mol. The number of rotatable bonds is 3. The van der Waals surface area contributed by atoms with E-state index in [9.17, 15) is 9.90 Å². The molecule has 0 aliphatic heterocycles. The second-order valence-corrected chi connectivity index (χ2v) is 4.10. The summed E-state index contributed by atoms with van der Waals surface area (Å²) in [4.78, 5) is 13.6. The van der Waals surface area contributed by atoms with E-state index in [-0.39, 0.29) is 23.2 Å². The van der Waals surface area contributed by atoms with E-state index in [2.05, 4.69) is 0 Å². The maximum Gasteiger partial charge on any atom is 0.254 e. The first-order valence-corrected chi connectivity index (χ1v) is 5.16. The summed E-state index contributed by atoms with van der Waals surface area (Å²) in [6.07, 6.45) is 0. The molecule has 0 saturated carbocycles. The van der Waals surface area contributed by atoms with Crippen LogP contribution in [0, 0.1) is 6.92 Å². The highest BCUT2D eigenvalue weighted by molar-refractivity contribution is 7.80. The van der Waals surface area contributed by atoms with Crippen molar-refractivity contribution >= 4 is 23.1 Å². The van der Waals surface area contributed by atoms with E-state index in [1.165, 1.54) is 4.90 Å². The SMILES string of the molecule is Cc1c(O)cccc1C(=O)N(C)CC(N)=S. The minimum Gasteiger partial charge on any atom is -0.508 e. The predicted octanol–water partition coefficient (Wildman–Crippen LogP) is 1.06. The van der Waals surface area contributed by atoms with Gasteiger partial charge in [0.25, 0.3) is 5.91 Å². The van der Waals surface area contributed by atoms with Gasteiger partial charge >= 0.3 is 0 Å². The summed E-state index contributed by atoms with van der Waals surface area (Å²) in [6.45, 7) is 1.92. The highest BCUT2D eigenvalue weighted by Crippen LogP contribution is 2.20. The Morgan fingerprint density at radius 2 is 2.19 bits per heavy atom. The van der Waals surface area contributed by atoms with Crippen molar-refractivity contribution in [3.63, 3.8) is 0 Å². The summed E-state index contributed by atoms with van der Waals surface area (Å²) in [5.74, 6) is -0.101. The molecule has 1 aromatic rings. The van der Waals surface area contributed by atoms with E-state index < -0.39 is 0 Å². The fourth-order valence-corrected chi connectivity index (χ4v) is 1.56. The lowest BCUT2D eigenvalue weighted by Gasteiger charge is -2.17. The standard InChI is InChI=1S/C11H14N2O2S/c1-7-8(4-3-5-9(7)14)11(15)13(2)6-10(12)16/h3-5,14H,6H2,1-2H3,(H2,12,16). The molecule has 0 unspecified atom stereocenters. The van der Waals surface area contributed by atoms with Crippen LogP contribution in [0.2, 0.25) is 0 Å². The normalized spacial score (nSPS) is 9.88. The van der Waals surface area contributed by atoms with Crippen molar-refractivity contribution in [2.45, 2.75) is 6.92 Å². The minimum atomic E-state index is -0.207. The zero-order valence-electron chi connectivity index (χ0n) is 9.23. The van der Waals surface area contributed by atoms with Crippen LogP contribution in [-0.4, -0.2) is 34.5 Å². The largest absolute Gasteiger partial charge is 0.508 e.